The molecule has 1 unspecified atom stereocenters. The van der Waals surface area contributed by atoms with Crippen LogP contribution in [0.25, 0.3) is 0 Å². The van der Waals surface area contributed by atoms with Crippen molar-refractivity contribution in [3.8, 4) is 0 Å². The molecule has 0 spiro atoms. The molecule has 5 heteroatoms. The molecule has 1 aliphatic heterocycles. The fraction of sp³-hybridized carbons (Fsp3) is 0.538. The minimum Gasteiger partial charge on any atom is -0.336 e. The molecule has 0 bridgehead atoms. The summed E-state index contributed by atoms with van der Waals surface area (Å²) in [4.78, 5) is 20.3. The van der Waals surface area contributed by atoms with E-state index in [4.69, 9.17) is 5.73 Å². The predicted octanol–water partition coefficient (Wildman–Crippen LogP) is 0.0730. The fourth-order valence-corrected chi connectivity index (χ4v) is 2.31. The molecule has 0 aliphatic carbocycles. The smallest absolute Gasteiger partial charge is 0.239 e. The highest BCUT2D eigenvalue weighted by Crippen LogP contribution is 2.13. The Hall–Kier alpha value is -1.46. The van der Waals surface area contributed by atoms with Gasteiger partial charge >= 0.3 is 0 Å². The van der Waals surface area contributed by atoms with Crippen molar-refractivity contribution in [1.29, 1.82) is 0 Å². The van der Waals surface area contributed by atoms with E-state index in [-0.39, 0.29) is 11.9 Å². The largest absolute Gasteiger partial charge is 0.336 e. The number of nitrogens with zero attached hydrogens (tertiary/aromatic N) is 3. The van der Waals surface area contributed by atoms with Gasteiger partial charge in [0, 0.05) is 45.1 Å². The molecule has 1 aliphatic rings. The average molecular weight is 248 g/mol. The number of carbonyl (C=O) groups excluding carboxylic acids is 1. The van der Waals surface area contributed by atoms with Crippen molar-refractivity contribution >= 4 is 5.91 Å². The molecule has 1 amide bonds. The molecular weight excluding hydrogens is 228 g/mol. The second kappa shape index (κ2) is 5.93. The van der Waals surface area contributed by atoms with Crippen LogP contribution in [-0.4, -0.2) is 52.9 Å². The standard InChI is InChI=1S/C13H20N4O/c1-11-13(18)17(9-8-16(11)7-4-14)10-12-2-5-15-6-3-12/h2-3,5-6,11H,4,7-10,14H2,1H3. The topological polar surface area (TPSA) is 62.5 Å². The summed E-state index contributed by atoms with van der Waals surface area (Å²) in [5.74, 6) is 0.187. The first-order valence-corrected chi connectivity index (χ1v) is 6.34. The van der Waals surface area contributed by atoms with Crippen LogP contribution in [0.15, 0.2) is 24.5 Å². The van der Waals surface area contributed by atoms with Crippen molar-refractivity contribution in [3.63, 3.8) is 0 Å². The molecule has 5 nitrogen and oxygen atoms in total. The summed E-state index contributed by atoms with van der Waals surface area (Å²) in [5.41, 5.74) is 6.67. The molecule has 18 heavy (non-hydrogen) atoms. The van der Waals surface area contributed by atoms with Crippen LogP contribution in [0.1, 0.15) is 12.5 Å². The summed E-state index contributed by atoms with van der Waals surface area (Å²) in [6.07, 6.45) is 3.52. The number of hydrogen-bond donors (Lipinski definition) is 1. The summed E-state index contributed by atoms with van der Waals surface area (Å²) < 4.78 is 0. The van der Waals surface area contributed by atoms with Gasteiger partial charge in [-0.1, -0.05) is 0 Å². The quantitative estimate of drug-likeness (QED) is 0.819. The van der Waals surface area contributed by atoms with Crippen LogP contribution >= 0.6 is 0 Å². The molecule has 0 radical (unpaired) electrons. The lowest BCUT2D eigenvalue weighted by Crippen LogP contribution is -2.56. The third-order valence-corrected chi connectivity index (χ3v) is 3.41. The second-order valence-electron chi connectivity index (χ2n) is 4.62. The van der Waals surface area contributed by atoms with Gasteiger partial charge in [0.25, 0.3) is 0 Å². The minimum absolute atomic E-state index is 0.0656. The van der Waals surface area contributed by atoms with Gasteiger partial charge in [-0.2, -0.15) is 0 Å². The molecule has 2 rings (SSSR count). The van der Waals surface area contributed by atoms with Crippen LogP contribution in [-0.2, 0) is 11.3 Å². The van der Waals surface area contributed by atoms with E-state index >= 15 is 0 Å². The molecule has 1 saturated heterocycles. The zero-order valence-corrected chi connectivity index (χ0v) is 10.7. The molecule has 2 N–H and O–H groups in total. The second-order valence-corrected chi connectivity index (χ2v) is 4.62. The average Bonchev–Trinajstić information content (AvgIpc) is 2.40. The predicted molar refractivity (Wildman–Crippen MR) is 69.7 cm³/mol. The SMILES string of the molecule is CC1C(=O)N(Cc2ccncc2)CCN1CCN. The van der Waals surface area contributed by atoms with Crippen LogP contribution in [0.2, 0.25) is 0 Å². The number of hydrogen-bond acceptors (Lipinski definition) is 4. The number of rotatable bonds is 4. The Balaban J connectivity index is 1.98. The zero-order chi connectivity index (χ0) is 13.0. The summed E-state index contributed by atoms with van der Waals surface area (Å²) >= 11 is 0. The first-order chi connectivity index (χ1) is 8.72. The van der Waals surface area contributed by atoms with Gasteiger partial charge in [-0.25, -0.2) is 0 Å². The van der Waals surface area contributed by atoms with Gasteiger partial charge in [0.05, 0.1) is 6.04 Å². The van der Waals surface area contributed by atoms with Gasteiger partial charge in [0.1, 0.15) is 0 Å². The number of pyridine rings is 1. The van der Waals surface area contributed by atoms with Crippen molar-refractivity contribution in [1.82, 2.24) is 14.8 Å². The summed E-state index contributed by atoms with van der Waals surface area (Å²) in [6.45, 7) is 5.68. The molecular formula is C13H20N4O. The maximum atomic E-state index is 12.2. The Morgan fingerprint density at radius 3 is 2.78 bits per heavy atom. The highest BCUT2D eigenvalue weighted by Gasteiger charge is 2.30. The first kappa shape index (κ1) is 13.0. The highest BCUT2D eigenvalue weighted by atomic mass is 16.2. The van der Waals surface area contributed by atoms with E-state index in [2.05, 4.69) is 9.88 Å². The van der Waals surface area contributed by atoms with Gasteiger partial charge in [-0.05, 0) is 24.6 Å². The van der Waals surface area contributed by atoms with E-state index in [9.17, 15) is 4.79 Å². The van der Waals surface area contributed by atoms with E-state index in [0.717, 1.165) is 25.2 Å². The van der Waals surface area contributed by atoms with Crippen LogP contribution < -0.4 is 5.73 Å². The number of aromatic nitrogens is 1. The molecule has 1 aromatic rings. The van der Waals surface area contributed by atoms with E-state index in [1.807, 2.05) is 24.0 Å². The van der Waals surface area contributed by atoms with Gasteiger partial charge in [0.2, 0.25) is 5.91 Å². The summed E-state index contributed by atoms with van der Waals surface area (Å²) in [7, 11) is 0. The fourth-order valence-electron chi connectivity index (χ4n) is 2.31. The lowest BCUT2D eigenvalue weighted by Gasteiger charge is -2.39. The Bertz CT molecular complexity index is 395. The lowest BCUT2D eigenvalue weighted by atomic mass is 10.1. The number of piperazine rings is 1. The van der Waals surface area contributed by atoms with E-state index in [0.29, 0.717) is 13.1 Å². The molecule has 0 aromatic carbocycles. The maximum absolute atomic E-state index is 12.2. The Kier molecular flexibility index (Phi) is 4.28. The van der Waals surface area contributed by atoms with Crippen LogP contribution in [0, 0.1) is 0 Å². The number of carbonyl (C=O) groups is 1. The Morgan fingerprint density at radius 2 is 2.11 bits per heavy atom. The first-order valence-electron chi connectivity index (χ1n) is 6.34. The minimum atomic E-state index is -0.0656. The van der Waals surface area contributed by atoms with Crippen LogP contribution in [0.3, 0.4) is 0 Å². The number of nitrogens with two attached hydrogens (primary N) is 1. The van der Waals surface area contributed by atoms with Crippen molar-refractivity contribution in [3.05, 3.63) is 30.1 Å². The highest BCUT2D eigenvalue weighted by molar-refractivity contribution is 5.82. The maximum Gasteiger partial charge on any atom is 0.239 e. The molecule has 0 saturated carbocycles. The van der Waals surface area contributed by atoms with Gasteiger partial charge in [-0.15, -0.1) is 0 Å². The van der Waals surface area contributed by atoms with Crippen LogP contribution in [0.4, 0.5) is 0 Å². The van der Waals surface area contributed by atoms with E-state index < -0.39 is 0 Å². The monoisotopic (exact) mass is 248 g/mol. The van der Waals surface area contributed by atoms with Crippen molar-refractivity contribution < 1.29 is 4.79 Å². The van der Waals surface area contributed by atoms with E-state index in [1.54, 1.807) is 12.4 Å². The molecule has 1 fully saturated rings. The number of amides is 1. The lowest BCUT2D eigenvalue weighted by molar-refractivity contribution is -0.141. The van der Waals surface area contributed by atoms with Gasteiger partial charge in [0.15, 0.2) is 0 Å². The molecule has 1 aromatic heterocycles. The summed E-state index contributed by atoms with van der Waals surface area (Å²) in [5, 5.41) is 0. The molecule has 98 valence electrons. The Morgan fingerprint density at radius 1 is 1.39 bits per heavy atom. The van der Waals surface area contributed by atoms with Crippen molar-refractivity contribution in [2.75, 3.05) is 26.2 Å². The third kappa shape index (κ3) is 2.86. The van der Waals surface area contributed by atoms with Crippen molar-refractivity contribution in [2.45, 2.75) is 19.5 Å². The Labute approximate surface area is 108 Å². The normalized spacial score (nSPS) is 21.3. The van der Waals surface area contributed by atoms with Crippen molar-refractivity contribution in [2.24, 2.45) is 5.73 Å². The molecule has 1 atom stereocenters. The zero-order valence-electron chi connectivity index (χ0n) is 10.7. The van der Waals surface area contributed by atoms with Crippen LogP contribution in [0.5, 0.6) is 0 Å². The van der Waals surface area contributed by atoms with Gasteiger partial charge < -0.3 is 10.6 Å². The van der Waals surface area contributed by atoms with Gasteiger partial charge in [-0.3, -0.25) is 14.7 Å². The third-order valence-electron chi connectivity index (χ3n) is 3.41. The van der Waals surface area contributed by atoms with E-state index in [1.165, 1.54) is 0 Å². The molecule has 2 heterocycles. The summed E-state index contributed by atoms with van der Waals surface area (Å²) in [6, 6.07) is 3.83.